The minimum absolute atomic E-state index is 0.396. The molecule has 0 aliphatic rings. The molecule has 1 N–H and O–H groups in total. The quantitative estimate of drug-likeness (QED) is 0.497. The third kappa shape index (κ3) is 4.49. The summed E-state index contributed by atoms with van der Waals surface area (Å²) < 4.78 is 0. The molecular weight excluding hydrogens is 158 g/mol. The van der Waals surface area contributed by atoms with Crippen molar-refractivity contribution in [3.8, 4) is 0 Å². The minimum atomic E-state index is -0.521. The van der Waals surface area contributed by atoms with Crippen molar-refractivity contribution >= 4 is 11.9 Å². The molecule has 1 amide bonds. The van der Waals surface area contributed by atoms with Crippen LogP contribution in [0.5, 0.6) is 0 Å². The molecule has 0 aliphatic heterocycles. The first-order valence-electron chi connectivity index (χ1n) is 3.72. The fraction of sp³-hybridized carbons (Fsp3) is 0.500. The number of amides is 1. The largest absolute Gasteiger partial charge is 0.358 e. The molecule has 0 radical (unpaired) electrons. The SMILES string of the molecule is CCC=C(C)C(=O)ONC(C)=O. The van der Waals surface area contributed by atoms with Crippen molar-refractivity contribution in [2.75, 3.05) is 0 Å². The first-order valence-corrected chi connectivity index (χ1v) is 3.72. The third-order valence-electron chi connectivity index (χ3n) is 1.12. The summed E-state index contributed by atoms with van der Waals surface area (Å²) >= 11 is 0. The molecule has 0 atom stereocenters. The van der Waals surface area contributed by atoms with E-state index >= 15 is 0 Å². The van der Waals surface area contributed by atoms with Crippen LogP contribution in [0, 0.1) is 0 Å². The van der Waals surface area contributed by atoms with Crippen molar-refractivity contribution < 1.29 is 14.4 Å². The fourth-order valence-electron chi connectivity index (χ4n) is 0.588. The van der Waals surface area contributed by atoms with Gasteiger partial charge in [0, 0.05) is 12.5 Å². The second kappa shape index (κ2) is 5.35. The van der Waals surface area contributed by atoms with Crippen LogP contribution in [-0.2, 0) is 14.4 Å². The average molecular weight is 171 g/mol. The summed E-state index contributed by atoms with van der Waals surface area (Å²) in [6.45, 7) is 4.81. The molecule has 4 nitrogen and oxygen atoms in total. The minimum Gasteiger partial charge on any atom is -0.336 e. The van der Waals surface area contributed by atoms with E-state index in [9.17, 15) is 9.59 Å². The zero-order valence-corrected chi connectivity index (χ0v) is 7.51. The molecule has 0 fully saturated rings. The van der Waals surface area contributed by atoms with Crippen LogP contribution in [0.2, 0.25) is 0 Å². The molecule has 0 saturated heterocycles. The monoisotopic (exact) mass is 171 g/mol. The zero-order chi connectivity index (χ0) is 9.56. The topological polar surface area (TPSA) is 55.4 Å². The Balaban J connectivity index is 3.88. The molecule has 0 aromatic carbocycles. The molecule has 0 rings (SSSR count). The van der Waals surface area contributed by atoms with Gasteiger partial charge in [-0.1, -0.05) is 13.0 Å². The van der Waals surface area contributed by atoms with Gasteiger partial charge in [-0.2, -0.15) is 5.48 Å². The predicted molar refractivity (Wildman–Crippen MR) is 44.0 cm³/mol. The molecule has 4 heteroatoms. The summed E-state index contributed by atoms with van der Waals surface area (Å²) in [5.41, 5.74) is 2.45. The first kappa shape index (κ1) is 10.7. The molecule has 0 bridgehead atoms. The highest BCUT2D eigenvalue weighted by atomic mass is 16.7. The lowest BCUT2D eigenvalue weighted by molar-refractivity contribution is -0.153. The smallest absolute Gasteiger partial charge is 0.336 e. The molecule has 12 heavy (non-hydrogen) atoms. The van der Waals surface area contributed by atoms with Gasteiger partial charge in [0.05, 0.1) is 0 Å². The van der Waals surface area contributed by atoms with Crippen LogP contribution in [0.1, 0.15) is 27.2 Å². The fourth-order valence-corrected chi connectivity index (χ4v) is 0.588. The number of rotatable bonds is 2. The molecule has 0 aliphatic carbocycles. The summed E-state index contributed by atoms with van der Waals surface area (Å²) in [7, 11) is 0. The average Bonchev–Trinajstić information content (AvgIpc) is 2.00. The number of hydrogen-bond donors (Lipinski definition) is 1. The normalized spacial score (nSPS) is 10.8. The van der Waals surface area contributed by atoms with Gasteiger partial charge in [0.1, 0.15) is 0 Å². The van der Waals surface area contributed by atoms with Crippen LogP contribution in [0.4, 0.5) is 0 Å². The number of carbonyl (C=O) groups is 2. The Morgan fingerprint density at radius 2 is 2.00 bits per heavy atom. The van der Waals surface area contributed by atoms with Gasteiger partial charge in [-0.05, 0) is 13.3 Å². The maximum absolute atomic E-state index is 10.9. The number of nitrogens with one attached hydrogen (secondary N) is 1. The van der Waals surface area contributed by atoms with Crippen molar-refractivity contribution in [3.05, 3.63) is 11.6 Å². The van der Waals surface area contributed by atoms with Crippen LogP contribution >= 0.6 is 0 Å². The van der Waals surface area contributed by atoms with Gasteiger partial charge in [-0.15, -0.1) is 0 Å². The maximum Gasteiger partial charge on any atom is 0.358 e. The summed E-state index contributed by atoms with van der Waals surface area (Å²) in [5, 5.41) is 0. The Labute approximate surface area is 71.5 Å². The lowest BCUT2D eigenvalue weighted by Crippen LogP contribution is -2.24. The van der Waals surface area contributed by atoms with Gasteiger partial charge in [0.15, 0.2) is 0 Å². The van der Waals surface area contributed by atoms with Crippen molar-refractivity contribution in [2.45, 2.75) is 27.2 Å². The first-order chi connectivity index (χ1) is 5.57. The van der Waals surface area contributed by atoms with Gasteiger partial charge in [-0.25, -0.2) is 4.79 Å². The predicted octanol–water partition coefficient (Wildman–Crippen LogP) is 0.937. The van der Waals surface area contributed by atoms with Gasteiger partial charge < -0.3 is 4.84 Å². The molecule has 0 spiro atoms. The van der Waals surface area contributed by atoms with Crippen molar-refractivity contribution in [2.24, 2.45) is 0 Å². The molecule has 0 heterocycles. The summed E-state index contributed by atoms with van der Waals surface area (Å²) in [6, 6.07) is 0. The van der Waals surface area contributed by atoms with E-state index in [1.54, 1.807) is 13.0 Å². The van der Waals surface area contributed by atoms with Crippen LogP contribution in [0.25, 0.3) is 0 Å². The molecule has 68 valence electrons. The lowest BCUT2D eigenvalue weighted by atomic mass is 10.2. The van der Waals surface area contributed by atoms with E-state index in [1.165, 1.54) is 6.92 Å². The number of allylic oxidation sites excluding steroid dienone is 1. The van der Waals surface area contributed by atoms with Gasteiger partial charge in [0.25, 0.3) is 0 Å². The molecular formula is C8H13NO3. The van der Waals surface area contributed by atoms with Crippen LogP contribution in [0.3, 0.4) is 0 Å². The lowest BCUT2D eigenvalue weighted by Gasteiger charge is -2.02. The van der Waals surface area contributed by atoms with Crippen LogP contribution < -0.4 is 5.48 Å². The Morgan fingerprint density at radius 1 is 1.42 bits per heavy atom. The van der Waals surface area contributed by atoms with Crippen LogP contribution in [-0.4, -0.2) is 11.9 Å². The molecule has 0 aromatic rings. The standard InChI is InChI=1S/C8H13NO3/c1-4-5-6(2)8(11)12-9-7(3)10/h5H,4H2,1-3H3,(H,9,10). The van der Waals surface area contributed by atoms with Crippen molar-refractivity contribution in [1.29, 1.82) is 0 Å². The third-order valence-corrected chi connectivity index (χ3v) is 1.12. The second-order valence-electron chi connectivity index (χ2n) is 2.34. The number of hydrogen-bond acceptors (Lipinski definition) is 3. The van der Waals surface area contributed by atoms with Gasteiger partial charge in [0.2, 0.25) is 5.91 Å². The Morgan fingerprint density at radius 3 is 2.42 bits per heavy atom. The summed E-state index contributed by atoms with van der Waals surface area (Å²) in [6.07, 6.45) is 2.49. The zero-order valence-electron chi connectivity index (χ0n) is 7.51. The van der Waals surface area contributed by atoms with E-state index < -0.39 is 11.9 Å². The van der Waals surface area contributed by atoms with E-state index in [1.807, 2.05) is 12.4 Å². The molecule has 0 unspecified atom stereocenters. The number of hydroxylamine groups is 1. The number of carbonyl (C=O) groups excluding carboxylic acids is 2. The second-order valence-corrected chi connectivity index (χ2v) is 2.34. The Bertz CT molecular complexity index is 208. The van der Waals surface area contributed by atoms with Crippen LogP contribution in [0.15, 0.2) is 11.6 Å². The maximum atomic E-state index is 10.9. The highest BCUT2D eigenvalue weighted by Crippen LogP contribution is 1.96. The van der Waals surface area contributed by atoms with E-state index in [4.69, 9.17) is 0 Å². The summed E-state index contributed by atoms with van der Waals surface area (Å²) in [5.74, 6) is -0.917. The molecule has 0 aromatic heterocycles. The van der Waals surface area contributed by atoms with Crippen molar-refractivity contribution in [1.82, 2.24) is 5.48 Å². The summed E-state index contributed by atoms with van der Waals surface area (Å²) in [4.78, 5) is 25.7. The highest BCUT2D eigenvalue weighted by Gasteiger charge is 2.05. The Hall–Kier alpha value is -1.32. The van der Waals surface area contributed by atoms with E-state index in [-0.39, 0.29) is 0 Å². The van der Waals surface area contributed by atoms with E-state index in [0.717, 1.165) is 6.42 Å². The Kier molecular flexibility index (Phi) is 4.76. The highest BCUT2D eigenvalue weighted by molar-refractivity contribution is 5.88. The van der Waals surface area contributed by atoms with E-state index in [2.05, 4.69) is 4.84 Å². The molecule has 0 saturated carbocycles. The van der Waals surface area contributed by atoms with Crippen molar-refractivity contribution in [3.63, 3.8) is 0 Å². The van der Waals surface area contributed by atoms with Gasteiger partial charge >= 0.3 is 5.97 Å². The van der Waals surface area contributed by atoms with Gasteiger partial charge in [-0.3, -0.25) is 4.79 Å². The van der Waals surface area contributed by atoms with E-state index in [0.29, 0.717) is 5.57 Å².